The van der Waals surface area contributed by atoms with Crippen molar-refractivity contribution >= 4 is 11.8 Å². The molecule has 0 bridgehead atoms. The van der Waals surface area contributed by atoms with Gasteiger partial charge in [0.15, 0.2) is 11.5 Å². The molecule has 0 aliphatic carbocycles. The van der Waals surface area contributed by atoms with Gasteiger partial charge in [-0.05, 0) is 62.4 Å². The summed E-state index contributed by atoms with van der Waals surface area (Å²) < 4.78 is 18.6. The van der Waals surface area contributed by atoms with Crippen molar-refractivity contribution < 1.29 is 18.5 Å². The fraction of sp³-hybridized carbons (Fsp3) is 0.320. The number of aryl methyl sites for hydroxylation is 2. The van der Waals surface area contributed by atoms with Gasteiger partial charge < -0.3 is 14.7 Å². The Morgan fingerprint density at radius 3 is 2.69 bits per heavy atom. The molecule has 4 rings (SSSR count). The maximum Gasteiger partial charge on any atom is 0.276 e. The van der Waals surface area contributed by atoms with Crippen molar-refractivity contribution in [2.45, 2.75) is 45.7 Å². The van der Waals surface area contributed by atoms with Crippen LogP contribution in [0, 0.1) is 19.7 Å². The van der Waals surface area contributed by atoms with Crippen molar-refractivity contribution in [3.8, 4) is 11.3 Å². The Morgan fingerprint density at radius 2 is 1.91 bits per heavy atom. The van der Waals surface area contributed by atoms with Crippen LogP contribution < -0.4 is 5.32 Å². The van der Waals surface area contributed by atoms with E-state index in [4.69, 9.17) is 4.52 Å². The third-order valence-corrected chi connectivity index (χ3v) is 5.83. The van der Waals surface area contributed by atoms with Gasteiger partial charge in [-0.15, -0.1) is 0 Å². The van der Waals surface area contributed by atoms with Crippen LogP contribution in [-0.2, 0) is 11.3 Å². The van der Waals surface area contributed by atoms with E-state index < -0.39 is 6.04 Å². The molecule has 2 heterocycles. The van der Waals surface area contributed by atoms with Gasteiger partial charge >= 0.3 is 0 Å². The molecule has 0 saturated carbocycles. The van der Waals surface area contributed by atoms with Crippen LogP contribution in [0.3, 0.4) is 0 Å². The number of hydrogen-bond donors (Lipinski definition) is 1. The van der Waals surface area contributed by atoms with Gasteiger partial charge in [-0.1, -0.05) is 35.0 Å². The topological polar surface area (TPSA) is 75.4 Å². The Kier molecular flexibility index (Phi) is 6.35. The van der Waals surface area contributed by atoms with E-state index in [1.807, 2.05) is 32.0 Å². The molecule has 6 nitrogen and oxygen atoms in total. The van der Waals surface area contributed by atoms with E-state index in [1.54, 1.807) is 23.1 Å². The number of hydrogen-bond acceptors (Lipinski definition) is 4. The number of amides is 2. The van der Waals surface area contributed by atoms with E-state index in [9.17, 15) is 14.0 Å². The van der Waals surface area contributed by atoms with Crippen LogP contribution in [0.25, 0.3) is 11.3 Å². The molecule has 1 aromatic heterocycles. The third kappa shape index (κ3) is 4.72. The lowest BCUT2D eigenvalue weighted by Crippen LogP contribution is -2.51. The minimum Gasteiger partial charge on any atom is -0.355 e. The Hall–Kier alpha value is -3.48. The van der Waals surface area contributed by atoms with Gasteiger partial charge in [0, 0.05) is 24.7 Å². The van der Waals surface area contributed by atoms with Gasteiger partial charge in [-0.2, -0.15) is 0 Å². The van der Waals surface area contributed by atoms with E-state index in [0.29, 0.717) is 18.7 Å². The summed E-state index contributed by atoms with van der Waals surface area (Å²) >= 11 is 0. The number of rotatable bonds is 5. The normalized spacial score (nSPS) is 16.1. The Morgan fingerprint density at radius 1 is 1.12 bits per heavy atom. The SMILES string of the molecule is Cc1ccc(C)c(-c2cc(C(=O)N3CCCC[C@H]3C(=O)NCc3ccc(F)cc3)no2)c1. The van der Waals surface area contributed by atoms with Crippen molar-refractivity contribution in [3.05, 3.63) is 76.7 Å². The molecule has 32 heavy (non-hydrogen) atoms. The Bertz CT molecular complexity index is 1120. The second-order valence-corrected chi connectivity index (χ2v) is 8.25. The smallest absolute Gasteiger partial charge is 0.276 e. The number of nitrogens with zero attached hydrogens (tertiary/aromatic N) is 2. The molecule has 7 heteroatoms. The van der Waals surface area contributed by atoms with Gasteiger partial charge in [-0.3, -0.25) is 9.59 Å². The molecular weight excluding hydrogens is 409 g/mol. The molecule has 3 aromatic rings. The number of halogens is 1. The Labute approximate surface area is 186 Å². The first kappa shape index (κ1) is 21.7. The van der Waals surface area contributed by atoms with Crippen LogP contribution in [0.1, 0.15) is 46.4 Å². The lowest BCUT2D eigenvalue weighted by atomic mass is 10.00. The van der Waals surface area contributed by atoms with Gasteiger partial charge in [0.25, 0.3) is 5.91 Å². The summed E-state index contributed by atoms with van der Waals surface area (Å²) in [6, 6.07) is 13.1. The summed E-state index contributed by atoms with van der Waals surface area (Å²) in [5.74, 6) is -0.326. The van der Waals surface area contributed by atoms with Crippen molar-refractivity contribution in [2.24, 2.45) is 0 Å². The average Bonchev–Trinajstić information content (AvgIpc) is 3.29. The molecule has 2 aromatic carbocycles. The van der Waals surface area contributed by atoms with E-state index in [0.717, 1.165) is 35.1 Å². The van der Waals surface area contributed by atoms with Crippen LogP contribution in [-0.4, -0.2) is 34.5 Å². The van der Waals surface area contributed by atoms with E-state index in [2.05, 4.69) is 10.5 Å². The molecule has 0 unspecified atom stereocenters. The number of piperidine rings is 1. The zero-order valence-corrected chi connectivity index (χ0v) is 18.2. The van der Waals surface area contributed by atoms with Crippen molar-refractivity contribution in [2.75, 3.05) is 6.54 Å². The number of aromatic nitrogens is 1. The maximum absolute atomic E-state index is 13.2. The fourth-order valence-electron chi connectivity index (χ4n) is 4.01. The number of carbonyl (C=O) groups is 2. The van der Waals surface area contributed by atoms with Gasteiger partial charge in [0.05, 0.1) is 0 Å². The van der Waals surface area contributed by atoms with E-state index >= 15 is 0 Å². The monoisotopic (exact) mass is 435 g/mol. The van der Waals surface area contributed by atoms with Crippen LogP contribution in [0.5, 0.6) is 0 Å². The molecule has 0 spiro atoms. The molecule has 1 saturated heterocycles. The summed E-state index contributed by atoms with van der Waals surface area (Å²) in [7, 11) is 0. The van der Waals surface area contributed by atoms with E-state index in [-0.39, 0.29) is 29.9 Å². The van der Waals surface area contributed by atoms with Crippen LogP contribution in [0.4, 0.5) is 4.39 Å². The Balaban J connectivity index is 1.48. The maximum atomic E-state index is 13.2. The van der Waals surface area contributed by atoms with Crippen LogP contribution in [0.2, 0.25) is 0 Å². The number of nitrogens with one attached hydrogen (secondary N) is 1. The zero-order chi connectivity index (χ0) is 22.7. The summed E-state index contributed by atoms with van der Waals surface area (Å²) in [6.45, 7) is 4.73. The van der Waals surface area contributed by atoms with Crippen molar-refractivity contribution in [1.82, 2.24) is 15.4 Å². The highest BCUT2D eigenvalue weighted by molar-refractivity contribution is 5.97. The molecular formula is C25H26FN3O3. The molecule has 1 atom stereocenters. The summed E-state index contributed by atoms with van der Waals surface area (Å²) in [4.78, 5) is 27.7. The first-order valence-electron chi connectivity index (χ1n) is 10.8. The standard InChI is InChI=1S/C25H26FN3O3/c1-16-6-7-17(2)20(13-16)23-14-21(28-32-23)25(31)29-12-4-3-5-22(29)24(30)27-15-18-8-10-19(26)11-9-18/h6-11,13-14,22H,3-5,12,15H2,1-2H3,(H,27,30)/t22-/m0/s1. The first-order valence-corrected chi connectivity index (χ1v) is 10.8. The lowest BCUT2D eigenvalue weighted by Gasteiger charge is -2.34. The number of carbonyl (C=O) groups excluding carboxylic acids is 2. The molecule has 1 N–H and O–H groups in total. The molecule has 166 valence electrons. The minimum absolute atomic E-state index is 0.194. The highest BCUT2D eigenvalue weighted by Gasteiger charge is 2.34. The summed E-state index contributed by atoms with van der Waals surface area (Å²) in [5, 5.41) is 6.87. The molecule has 0 radical (unpaired) electrons. The quantitative estimate of drug-likeness (QED) is 0.644. The van der Waals surface area contributed by atoms with Gasteiger partial charge in [0.1, 0.15) is 11.9 Å². The zero-order valence-electron chi connectivity index (χ0n) is 18.2. The lowest BCUT2D eigenvalue weighted by molar-refractivity contribution is -0.126. The first-order chi connectivity index (χ1) is 15.4. The van der Waals surface area contributed by atoms with Crippen molar-refractivity contribution in [1.29, 1.82) is 0 Å². The molecule has 1 aliphatic heterocycles. The van der Waals surface area contributed by atoms with E-state index in [1.165, 1.54) is 12.1 Å². The predicted octanol–water partition coefficient (Wildman–Crippen LogP) is 4.41. The number of benzene rings is 2. The third-order valence-electron chi connectivity index (χ3n) is 5.83. The van der Waals surface area contributed by atoms with Gasteiger partial charge in [0.2, 0.25) is 5.91 Å². The van der Waals surface area contributed by atoms with Gasteiger partial charge in [-0.25, -0.2) is 4.39 Å². The second kappa shape index (κ2) is 9.34. The predicted molar refractivity (Wildman–Crippen MR) is 118 cm³/mol. The molecule has 2 amide bonds. The number of likely N-dealkylation sites (tertiary alicyclic amines) is 1. The minimum atomic E-state index is -0.572. The van der Waals surface area contributed by atoms with Crippen LogP contribution >= 0.6 is 0 Å². The highest BCUT2D eigenvalue weighted by Crippen LogP contribution is 2.27. The molecule has 1 aliphatic rings. The summed E-state index contributed by atoms with van der Waals surface area (Å²) in [5.41, 5.74) is 4.00. The molecule has 1 fully saturated rings. The van der Waals surface area contributed by atoms with Crippen molar-refractivity contribution in [3.63, 3.8) is 0 Å². The fourth-order valence-corrected chi connectivity index (χ4v) is 4.01. The highest BCUT2D eigenvalue weighted by atomic mass is 19.1. The average molecular weight is 435 g/mol. The summed E-state index contributed by atoms with van der Waals surface area (Å²) in [6.07, 6.45) is 2.28. The largest absolute Gasteiger partial charge is 0.355 e. The van der Waals surface area contributed by atoms with Crippen LogP contribution in [0.15, 0.2) is 53.1 Å². The second-order valence-electron chi connectivity index (χ2n) is 8.25.